The molecule has 9 nitrogen and oxygen atoms in total. The minimum atomic E-state index is -1.94. The van der Waals surface area contributed by atoms with Crippen LogP contribution in [0.25, 0.3) is 11.1 Å². The molecule has 2 aromatic carbocycles. The van der Waals surface area contributed by atoms with Gasteiger partial charge in [0, 0.05) is 34.9 Å². The number of halogens is 2. The molecule has 0 saturated carbocycles. The fourth-order valence-corrected chi connectivity index (χ4v) is 5.66. The minimum Gasteiger partial charge on any atom is -0.384 e. The highest BCUT2D eigenvalue weighted by molar-refractivity contribution is 7.10. The number of thiophene rings is 1. The SMILES string of the molecule is COC[C@@]1(F)C[C@@H](C(=O)N[C@H](C)c2cc(C(=N)N)cs2)N(C(=O)CNC(=O)c2cccc(-c3ccc(F)cc3)c2)C1. The zero-order valence-electron chi connectivity index (χ0n) is 22.6. The third kappa shape index (κ3) is 7.14. The molecule has 0 spiro atoms. The molecule has 1 aromatic heterocycles. The van der Waals surface area contributed by atoms with Crippen LogP contribution in [-0.4, -0.2) is 67.0 Å². The van der Waals surface area contributed by atoms with Crippen molar-refractivity contribution in [2.75, 3.05) is 26.8 Å². The number of nitrogen functional groups attached to an aromatic ring is 1. The van der Waals surface area contributed by atoms with Gasteiger partial charge in [0.25, 0.3) is 5.91 Å². The fraction of sp³-hybridized carbons (Fsp3) is 0.310. The number of hydrogen-bond donors (Lipinski definition) is 4. The average Bonchev–Trinajstić information content (AvgIpc) is 3.58. The number of nitrogens with zero attached hydrogens (tertiary/aromatic N) is 1. The second kappa shape index (κ2) is 12.6. The van der Waals surface area contributed by atoms with Gasteiger partial charge in [-0.3, -0.25) is 19.8 Å². The predicted octanol–water partition coefficient (Wildman–Crippen LogP) is 3.40. The number of nitrogens with two attached hydrogens (primary N) is 1. The summed E-state index contributed by atoms with van der Waals surface area (Å²) in [5, 5.41) is 14.6. The monoisotopic (exact) mass is 583 g/mol. The highest BCUT2D eigenvalue weighted by Crippen LogP contribution is 2.32. The Kier molecular flexibility index (Phi) is 9.14. The first-order valence-electron chi connectivity index (χ1n) is 12.8. The first kappa shape index (κ1) is 29.8. The van der Waals surface area contributed by atoms with Crippen molar-refractivity contribution in [2.45, 2.75) is 31.1 Å². The lowest BCUT2D eigenvalue weighted by molar-refractivity contribution is -0.138. The Morgan fingerprint density at radius 3 is 2.56 bits per heavy atom. The smallest absolute Gasteiger partial charge is 0.251 e. The molecule has 0 unspecified atom stereocenters. The average molecular weight is 584 g/mol. The zero-order valence-corrected chi connectivity index (χ0v) is 23.4. The molecule has 5 N–H and O–H groups in total. The Morgan fingerprint density at radius 1 is 1.17 bits per heavy atom. The van der Waals surface area contributed by atoms with Crippen LogP contribution < -0.4 is 16.4 Å². The van der Waals surface area contributed by atoms with Gasteiger partial charge in [-0.05, 0) is 48.4 Å². The topological polar surface area (TPSA) is 138 Å². The number of ether oxygens (including phenoxy) is 1. The number of carbonyl (C=O) groups is 3. The summed E-state index contributed by atoms with van der Waals surface area (Å²) in [6, 6.07) is 12.6. The molecule has 216 valence electrons. The van der Waals surface area contributed by atoms with Crippen molar-refractivity contribution in [3.8, 4) is 11.1 Å². The van der Waals surface area contributed by atoms with E-state index in [0.29, 0.717) is 11.1 Å². The van der Waals surface area contributed by atoms with Crippen LogP contribution in [0.15, 0.2) is 60.0 Å². The van der Waals surface area contributed by atoms with Crippen LogP contribution in [-0.2, 0) is 14.3 Å². The summed E-state index contributed by atoms with van der Waals surface area (Å²) in [5.74, 6) is -2.16. The highest BCUT2D eigenvalue weighted by Gasteiger charge is 2.49. The van der Waals surface area contributed by atoms with Gasteiger partial charge < -0.3 is 26.0 Å². The fourth-order valence-electron chi connectivity index (χ4n) is 4.74. The van der Waals surface area contributed by atoms with E-state index in [4.69, 9.17) is 15.9 Å². The van der Waals surface area contributed by atoms with E-state index < -0.39 is 42.0 Å². The number of nitrogens with one attached hydrogen (secondary N) is 3. The van der Waals surface area contributed by atoms with Crippen LogP contribution in [0, 0.1) is 11.2 Å². The number of likely N-dealkylation sites (tertiary alicyclic amines) is 1. The summed E-state index contributed by atoms with van der Waals surface area (Å²) in [7, 11) is 1.34. The molecule has 1 aliphatic rings. The molecule has 1 aliphatic heterocycles. The van der Waals surface area contributed by atoms with Crippen LogP contribution in [0.4, 0.5) is 8.78 Å². The maximum absolute atomic E-state index is 15.5. The van der Waals surface area contributed by atoms with E-state index in [1.165, 1.54) is 30.6 Å². The first-order chi connectivity index (χ1) is 19.5. The standard InChI is InChI=1S/C29H31F2N5O4S/c1-17(24-11-21(14-41-24)26(32)33)35-28(39)23-12-29(31,16-40-2)15-36(23)25(37)13-34-27(38)20-5-3-4-19(10-20)18-6-8-22(30)9-7-18/h3-11,14,17,23H,12-13,15-16H2,1-2H3,(H3,32,33)(H,34,38)(H,35,39)/t17-,23+,29-/m1/s1. The molecular formula is C29H31F2N5O4S. The Labute approximate surface area is 240 Å². The molecule has 3 aromatic rings. The maximum atomic E-state index is 15.5. The van der Waals surface area contributed by atoms with E-state index in [0.717, 1.165) is 15.3 Å². The molecule has 1 fully saturated rings. The molecule has 4 rings (SSSR count). The number of rotatable bonds is 10. The zero-order chi connectivity index (χ0) is 29.7. The number of methoxy groups -OCH3 is 1. The van der Waals surface area contributed by atoms with Gasteiger partial charge in [0.2, 0.25) is 11.8 Å². The van der Waals surface area contributed by atoms with E-state index in [1.54, 1.807) is 54.8 Å². The van der Waals surface area contributed by atoms with E-state index in [2.05, 4.69) is 10.6 Å². The van der Waals surface area contributed by atoms with Gasteiger partial charge >= 0.3 is 0 Å². The van der Waals surface area contributed by atoms with Crippen molar-refractivity contribution < 1.29 is 27.9 Å². The Balaban J connectivity index is 1.43. The van der Waals surface area contributed by atoms with Crippen molar-refractivity contribution in [3.05, 3.63) is 81.8 Å². The second-order valence-electron chi connectivity index (χ2n) is 9.98. The molecule has 1 saturated heterocycles. The molecular weight excluding hydrogens is 552 g/mol. The summed E-state index contributed by atoms with van der Waals surface area (Å²) in [6.45, 7) is 0.628. The lowest BCUT2D eigenvalue weighted by Gasteiger charge is -2.25. The van der Waals surface area contributed by atoms with Crippen LogP contribution in [0.2, 0.25) is 0 Å². The number of amidine groups is 1. The normalized spacial score (nSPS) is 19.0. The largest absolute Gasteiger partial charge is 0.384 e. The maximum Gasteiger partial charge on any atom is 0.251 e. The van der Waals surface area contributed by atoms with Gasteiger partial charge in [-0.15, -0.1) is 11.3 Å². The number of alkyl halides is 1. The predicted molar refractivity (Wildman–Crippen MR) is 152 cm³/mol. The third-order valence-electron chi connectivity index (χ3n) is 6.83. The summed E-state index contributed by atoms with van der Waals surface area (Å²) >= 11 is 1.32. The van der Waals surface area contributed by atoms with Crippen molar-refractivity contribution in [3.63, 3.8) is 0 Å². The van der Waals surface area contributed by atoms with Crippen LogP contribution in [0.5, 0.6) is 0 Å². The van der Waals surface area contributed by atoms with Gasteiger partial charge in [0.05, 0.1) is 25.7 Å². The lowest BCUT2D eigenvalue weighted by atomic mass is 10.0. The molecule has 0 bridgehead atoms. The molecule has 12 heteroatoms. The van der Waals surface area contributed by atoms with Crippen molar-refractivity contribution in [1.29, 1.82) is 5.41 Å². The van der Waals surface area contributed by atoms with E-state index in [1.807, 2.05) is 0 Å². The highest BCUT2D eigenvalue weighted by atomic mass is 32.1. The van der Waals surface area contributed by atoms with Gasteiger partial charge in [-0.1, -0.05) is 24.3 Å². The molecule has 2 heterocycles. The van der Waals surface area contributed by atoms with Crippen molar-refractivity contribution >= 4 is 34.9 Å². The second-order valence-corrected chi connectivity index (χ2v) is 10.9. The van der Waals surface area contributed by atoms with Gasteiger partial charge in [0.1, 0.15) is 17.7 Å². The summed E-state index contributed by atoms with van der Waals surface area (Å²) in [5.41, 5.74) is 5.81. The number of benzene rings is 2. The van der Waals surface area contributed by atoms with Crippen molar-refractivity contribution in [1.82, 2.24) is 15.5 Å². The van der Waals surface area contributed by atoms with Crippen molar-refractivity contribution in [2.24, 2.45) is 5.73 Å². The van der Waals surface area contributed by atoms with Gasteiger partial charge in [0.15, 0.2) is 5.67 Å². The Bertz CT molecular complexity index is 1450. The van der Waals surface area contributed by atoms with Crippen LogP contribution in [0.1, 0.15) is 40.2 Å². The summed E-state index contributed by atoms with van der Waals surface area (Å²) in [6.07, 6.45) is -0.262. The number of hydrogen-bond acceptors (Lipinski definition) is 6. The summed E-state index contributed by atoms with van der Waals surface area (Å²) < 4.78 is 33.8. The number of carbonyl (C=O) groups excluding carboxylic acids is 3. The quantitative estimate of drug-likeness (QED) is 0.214. The van der Waals surface area contributed by atoms with Gasteiger partial charge in [-0.2, -0.15) is 0 Å². The lowest BCUT2D eigenvalue weighted by Crippen LogP contribution is -2.49. The molecule has 0 aliphatic carbocycles. The third-order valence-corrected chi connectivity index (χ3v) is 7.95. The van der Waals surface area contributed by atoms with Crippen LogP contribution in [0.3, 0.4) is 0 Å². The molecule has 3 atom stereocenters. The molecule has 0 radical (unpaired) electrons. The summed E-state index contributed by atoms with van der Waals surface area (Å²) in [4.78, 5) is 41.2. The first-order valence-corrected chi connectivity index (χ1v) is 13.7. The van der Waals surface area contributed by atoms with E-state index in [-0.39, 0.29) is 36.8 Å². The number of amides is 3. The molecule has 41 heavy (non-hydrogen) atoms. The van der Waals surface area contributed by atoms with E-state index >= 15 is 4.39 Å². The Hall–Kier alpha value is -4.16. The Morgan fingerprint density at radius 2 is 1.90 bits per heavy atom. The van der Waals surface area contributed by atoms with Gasteiger partial charge in [-0.25, -0.2) is 8.78 Å². The van der Waals surface area contributed by atoms with Crippen LogP contribution >= 0.6 is 11.3 Å². The van der Waals surface area contributed by atoms with E-state index in [9.17, 15) is 18.8 Å². The molecule has 3 amide bonds. The minimum absolute atomic E-state index is 0.0930.